The van der Waals surface area contributed by atoms with Gasteiger partial charge in [-0.15, -0.1) is 11.3 Å². The van der Waals surface area contributed by atoms with E-state index in [1.807, 2.05) is 0 Å². The summed E-state index contributed by atoms with van der Waals surface area (Å²) in [5.74, 6) is 0.0454. The van der Waals surface area contributed by atoms with E-state index in [0.29, 0.717) is 10.6 Å². The number of thiophene rings is 1. The third-order valence-corrected chi connectivity index (χ3v) is 4.18. The van der Waals surface area contributed by atoms with Crippen molar-refractivity contribution >= 4 is 22.9 Å². The number of carbonyl (C=O) groups excluding carboxylic acids is 1. The van der Waals surface area contributed by atoms with Gasteiger partial charge in [-0.25, -0.2) is 0 Å². The van der Waals surface area contributed by atoms with Gasteiger partial charge in [-0.05, 0) is 26.0 Å². The number of nitro groups is 1. The van der Waals surface area contributed by atoms with E-state index in [9.17, 15) is 20.0 Å². The fraction of sp³-hybridized carbons (Fsp3) is 0.357. The number of rotatable bonds is 6. The molecule has 0 aliphatic rings. The molecule has 2 unspecified atom stereocenters. The zero-order chi connectivity index (χ0) is 16.3. The topological polar surface area (TPSA) is 106 Å². The average Bonchev–Trinajstić information content (AvgIpc) is 3.06. The van der Waals surface area contributed by atoms with Crippen molar-refractivity contribution < 1.29 is 19.2 Å². The van der Waals surface area contributed by atoms with Crippen LogP contribution in [0.4, 0.5) is 5.69 Å². The Morgan fingerprint density at radius 3 is 2.86 bits per heavy atom. The molecule has 0 fully saturated rings. The summed E-state index contributed by atoms with van der Waals surface area (Å²) in [4.78, 5) is 23.1. The molecule has 8 heteroatoms. The minimum atomic E-state index is -0.815. The summed E-state index contributed by atoms with van der Waals surface area (Å²) in [6, 6.07) is 4.29. The Bertz CT molecular complexity index is 665. The molecular formula is C14H16N2O5S. The molecular weight excluding hydrogens is 308 g/mol. The predicted molar refractivity (Wildman–Crippen MR) is 80.9 cm³/mol. The van der Waals surface area contributed by atoms with Gasteiger partial charge in [-0.1, -0.05) is 0 Å². The molecule has 0 saturated heterocycles. The van der Waals surface area contributed by atoms with E-state index < -0.39 is 11.0 Å². The van der Waals surface area contributed by atoms with Crippen LogP contribution in [0.25, 0.3) is 0 Å². The van der Waals surface area contributed by atoms with E-state index in [1.54, 1.807) is 26.0 Å². The van der Waals surface area contributed by atoms with Gasteiger partial charge in [-0.2, -0.15) is 0 Å². The number of aryl methyl sites for hydroxylation is 1. The van der Waals surface area contributed by atoms with Gasteiger partial charge >= 0.3 is 0 Å². The molecule has 0 saturated carbocycles. The molecule has 1 amide bonds. The number of aliphatic hydroxyl groups excluding tert-OH is 1. The Kier molecular flexibility index (Phi) is 4.94. The molecule has 2 heterocycles. The number of hydrogen-bond acceptors (Lipinski definition) is 6. The van der Waals surface area contributed by atoms with E-state index in [1.165, 1.54) is 12.3 Å². The summed E-state index contributed by atoms with van der Waals surface area (Å²) in [5.41, 5.74) is -0.0570. The van der Waals surface area contributed by atoms with Crippen molar-refractivity contribution in [3.05, 3.63) is 50.1 Å². The van der Waals surface area contributed by atoms with Gasteiger partial charge in [0.15, 0.2) is 0 Å². The fourth-order valence-electron chi connectivity index (χ4n) is 2.05. The van der Waals surface area contributed by atoms with Crippen molar-refractivity contribution in [2.75, 3.05) is 0 Å². The molecule has 118 valence electrons. The lowest BCUT2D eigenvalue weighted by atomic mass is 10.1. The van der Waals surface area contributed by atoms with Crippen LogP contribution in [-0.4, -0.2) is 22.0 Å². The molecule has 0 radical (unpaired) electrons. The molecule has 2 N–H and O–H groups in total. The monoisotopic (exact) mass is 324 g/mol. The van der Waals surface area contributed by atoms with Crippen LogP contribution in [0.2, 0.25) is 0 Å². The highest BCUT2D eigenvalue weighted by atomic mass is 32.1. The zero-order valence-electron chi connectivity index (χ0n) is 12.1. The predicted octanol–water partition coefficient (Wildman–Crippen LogP) is 2.80. The second-order valence-corrected chi connectivity index (χ2v) is 6.21. The summed E-state index contributed by atoms with van der Waals surface area (Å²) in [7, 11) is 0. The molecule has 0 bridgehead atoms. The van der Waals surface area contributed by atoms with Crippen LogP contribution in [0.1, 0.15) is 39.8 Å². The highest BCUT2D eigenvalue weighted by Gasteiger charge is 2.22. The summed E-state index contributed by atoms with van der Waals surface area (Å²) in [6.07, 6.45) is 0.936. The molecule has 0 aliphatic heterocycles. The van der Waals surface area contributed by atoms with Crippen LogP contribution < -0.4 is 5.32 Å². The van der Waals surface area contributed by atoms with Crippen LogP contribution in [-0.2, 0) is 0 Å². The van der Waals surface area contributed by atoms with Crippen molar-refractivity contribution in [2.45, 2.75) is 32.4 Å². The first-order chi connectivity index (χ1) is 10.4. The van der Waals surface area contributed by atoms with Gasteiger partial charge in [0.05, 0.1) is 20.9 Å². The minimum Gasteiger partial charge on any atom is -0.467 e. The third-order valence-electron chi connectivity index (χ3n) is 3.14. The lowest BCUT2D eigenvalue weighted by Crippen LogP contribution is -2.33. The van der Waals surface area contributed by atoms with Gasteiger partial charge in [0.25, 0.3) is 11.6 Å². The Hall–Kier alpha value is -2.19. The Balaban J connectivity index is 1.96. The van der Waals surface area contributed by atoms with Crippen LogP contribution in [0, 0.1) is 17.0 Å². The number of hydrogen-bond donors (Lipinski definition) is 2. The van der Waals surface area contributed by atoms with Crippen molar-refractivity contribution in [3.8, 4) is 0 Å². The van der Waals surface area contributed by atoms with Gasteiger partial charge in [0, 0.05) is 18.5 Å². The average molecular weight is 324 g/mol. The van der Waals surface area contributed by atoms with Crippen molar-refractivity contribution in [3.63, 3.8) is 0 Å². The van der Waals surface area contributed by atoms with Crippen molar-refractivity contribution in [2.24, 2.45) is 0 Å². The maximum absolute atomic E-state index is 12.1. The lowest BCUT2D eigenvalue weighted by Gasteiger charge is -2.16. The molecule has 0 aromatic carbocycles. The van der Waals surface area contributed by atoms with Gasteiger partial charge < -0.3 is 14.8 Å². The number of furan rings is 1. The molecule has 2 atom stereocenters. The standard InChI is InChI=1S/C14H16N2O5S/c1-8(6-11(17)12-4-3-5-21-12)15-14(18)13-7-10(16(19)20)9(2)22-13/h3-5,7-8,11,17H,6H2,1-2H3,(H,15,18). The van der Waals surface area contributed by atoms with E-state index in [2.05, 4.69) is 5.32 Å². The van der Waals surface area contributed by atoms with Gasteiger partial charge in [-0.3, -0.25) is 14.9 Å². The molecule has 0 aliphatic carbocycles. The quantitative estimate of drug-likeness (QED) is 0.628. The van der Waals surface area contributed by atoms with Crippen LogP contribution in [0.3, 0.4) is 0 Å². The van der Waals surface area contributed by atoms with Crippen LogP contribution >= 0.6 is 11.3 Å². The third kappa shape index (κ3) is 3.71. The first kappa shape index (κ1) is 16.2. The molecule has 7 nitrogen and oxygen atoms in total. The number of aliphatic hydroxyl groups is 1. The molecule has 0 spiro atoms. The Morgan fingerprint density at radius 2 is 2.32 bits per heavy atom. The van der Waals surface area contributed by atoms with E-state index in [0.717, 1.165) is 11.3 Å². The molecule has 2 aromatic heterocycles. The second kappa shape index (κ2) is 6.71. The number of nitrogens with one attached hydrogen (secondary N) is 1. The smallest absolute Gasteiger partial charge is 0.283 e. The van der Waals surface area contributed by atoms with E-state index >= 15 is 0 Å². The van der Waals surface area contributed by atoms with Crippen LogP contribution in [0.5, 0.6) is 0 Å². The number of amides is 1. The fourth-order valence-corrected chi connectivity index (χ4v) is 2.94. The Labute approximate surface area is 130 Å². The highest BCUT2D eigenvalue weighted by Crippen LogP contribution is 2.28. The summed E-state index contributed by atoms with van der Waals surface area (Å²) in [5, 5.41) is 23.5. The zero-order valence-corrected chi connectivity index (χ0v) is 12.9. The molecule has 2 rings (SSSR count). The van der Waals surface area contributed by atoms with Crippen molar-refractivity contribution in [1.29, 1.82) is 0 Å². The van der Waals surface area contributed by atoms with E-state index in [4.69, 9.17) is 4.42 Å². The van der Waals surface area contributed by atoms with Crippen molar-refractivity contribution in [1.82, 2.24) is 5.32 Å². The number of carbonyl (C=O) groups is 1. The minimum absolute atomic E-state index is 0.0570. The largest absolute Gasteiger partial charge is 0.467 e. The SMILES string of the molecule is Cc1sc(C(=O)NC(C)CC(O)c2ccco2)cc1[N+](=O)[O-]. The molecule has 22 heavy (non-hydrogen) atoms. The van der Waals surface area contributed by atoms with Crippen LogP contribution in [0.15, 0.2) is 28.9 Å². The first-order valence-electron chi connectivity index (χ1n) is 6.65. The Morgan fingerprint density at radius 1 is 1.59 bits per heavy atom. The van der Waals surface area contributed by atoms with Gasteiger partial charge in [0.2, 0.25) is 0 Å². The normalized spacial score (nSPS) is 13.6. The summed E-state index contributed by atoms with van der Waals surface area (Å²) >= 11 is 1.07. The van der Waals surface area contributed by atoms with Gasteiger partial charge in [0.1, 0.15) is 11.9 Å². The maximum atomic E-state index is 12.1. The summed E-state index contributed by atoms with van der Waals surface area (Å²) in [6.45, 7) is 3.35. The maximum Gasteiger partial charge on any atom is 0.283 e. The highest BCUT2D eigenvalue weighted by molar-refractivity contribution is 7.14. The second-order valence-electron chi connectivity index (χ2n) is 4.95. The number of nitrogens with zero attached hydrogens (tertiary/aromatic N) is 1. The lowest BCUT2D eigenvalue weighted by molar-refractivity contribution is -0.385. The first-order valence-corrected chi connectivity index (χ1v) is 7.47. The molecule has 2 aromatic rings. The summed E-state index contributed by atoms with van der Waals surface area (Å²) < 4.78 is 5.10. The van der Waals surface area contributed by atoms with E-state index in [-0.39, 0.29) is 28.9 Å².